The maximum Gasteiger partial charge on any atom is 0.416 e. The molecule has 0 unspecified atom stereocenters. The summed E-state index contributed by atoms with van der Waals surface area (Å²) in [5.41, 5.74) is -0.708. The number of H-pyrrole nitrogens is 1. The summed E-state index contributed by atoms with van der Waals surface area (Å²) >= 11 is 0. The van der Waals surface area contributed by atoms with Crippen LogP contribution in [0.3, 0.4) is 0 Å². The van der Waals surface area contributed by atoms with Crippen molar-refractivity contribution in [2.45, 2.75) is 19.0 Å². The Labute approximate surface area is 145 Å². The van der Waals surface area contributed by atoms with Crippen LogP contribution in [-0.2, 0) is 17.4 Å². The maximum atomic E-state index is 12.7. The normalized spacial score (nSPS) is 11.5. The molecule has 3 aromatic rings. The molecule has 2 aromatic heterocycles. The van der Waals surface area contributed by atoms with Gasteiger partial charge in [0.1, 0.15) is 11.6 Å². The predicted molar refractivity (Wildman–Crippen MR) is 88.6 cm³/mol. The van der Waals surface area contributed by atoms with Crippen molar-refractivity contribution in [1.29, 1.82) is 0 Å². The van der Waals surface area contributed by atoms with Crippen molar-refractivity contribution >= 4 is 22.6 Å². The summed E-state index contributed by atoms with van der Waals surface area (Å²) in [5.74, 6) is -0.404. The van der Waals surface area contributed by atoms with Gasteiger partial charge in [-0.05, 0) is 24.3 Å². The van der Waals surface area contributed by atoms with E-state index in [1.165, 1.54) is 0 Å². The molecule has 1 amide bonds. The van der Waals surface area contributed by atoms with E-state index < -0.39 is 17.6 Å². The Morgan fingerprint density at radius 1 is 1.19 bits per heavy atom. The lowest BCUT2D eigenvalue weighted by Gasteiger charge is -2.09. The monoisotopic (exact) mass is 362 g/mol. The second-order valence-corrected chi connectivity index (χ2v) is 5.51. The van der Waals surface area contributed by atoms with Gasteiger partial charge in [-0.1, -0.05) is 12.1 Å². The highest BCUT2D eigenvalue weighted by atomic mass is 19.4. The molecule has 0 aliphatic carbocycles. The summed E-state index contributed by atoms with van der Waals surface area (Å²) < 4.78 is 38.0. The van der Waals surface area contributed by atoms with Gasteiger partial charge in [0.15, 0.2) is 0 Å². The number of halogens is 3. The number of aryl methyl sites for hydroxylation is 1. The van der Waals surface area contributed by atoms with Crippen molar-refractivity contribution in [2.24, 2.45) is 0 Å². The molecular formula is C17H13F3N4O2. The van der Waals surface area contributed by atoms with Crippen LogP contribution in [0.1, 0.15) is 17.8 Å². The second-order valence-electron chi connectivity index (χ2n) is 5.51. The fourth-order valence-corrected chi connectivity index (χ4v) is 2.37. The molecule has 26 heavy (non-hydrogen) atoms. The van der Waals surface area contributed by atoms with E-state index in [1.807, 2.05) is 0 Å². The first-order chi connectivity index (χ1) is 12.3. The zero-order chi connectivity index (χ0) is 18.7. The van der Waals surface area contributed by atoms with Crippen LogP contribution in [0.15, 0.2) is 47.4 Å². The van der Waals surface area contributed by atoms with Gasteiger partial charge in [-0.3, -0.25) is 9.59 Å². The first kappa shape index (κ1) is 17.6. The Balaban J connectivity index is 1.67. The highest BCUT2D eigenvalue weighted by Gasteiger charge is 2.30. The van der Waals surface area contributed by atoms with Crippen molar-refractivity contribution in [3.8, 4) is 0 Å². The molecule has 0 saturated heterocycles. The van der Waals surface area contributed by atoms with Crippen LogP contribution in [0.2, 0.25) is 0 Å². The molecule has 9 heteroatoms. The molecule has 0 fully saturated rings. The second kappa shape index (κ2) is 6.95. The van der Waals surface area contributed by atoms with Crippen molar-refractivity contribution < 1.29 is 18.0 Å². The minimum atomic E-state index is -4.52. The molecule has 6 nitrogen and oxygen atoms in total. The van der Waals surface area contributed by atoms with Gasteiger partial charge < -0.3 is 10.3 Å². The molecule has 134 valence electrons. The third-order valence-electron chi connectivity index (χ3n) is 3.61. The van der Waals surface area contributed by atoms with E-state index in [0.29, 0.717) is 16.7 Å². The topological polar surface area (TPSA) is 87.7 Å². The van der Waals surface area contributed by atoms with Crippen LogP contribution in [-0.4, -0.2) is 20.9 Å². The van der Waals surface area contributed by atoms with E-state index in [9.17, 15) is 22.8 Å². The van der Waals surface area contributed by atoms with Gasteiger partial charge in [-0.2, -0.15) is 13.2 Å². The summed E-state index contributed by atoms with van der Waals surface area (Å²) in [7, 11) is 0. The SMILES string of the molecule is O=C(CCc1nc2ccccc2c(=O)[nH]1)Nc1cc(C(F)(F)F)ccn1. The Morgan fingerprint density at radius 2 is 1.96 bits per heavy atom. The number of carbonyl (C=O) groups is 1. The van der Waals surface area contributed by atoms with Gasteiger partial charge in [0, 0.05) is 19.0 Å². The molecule has 0 saturated carbocycles. The number of nitrogens with zero attached hydrogens (tertiary/aromatic N) is 2. The average Bonchev–Trinajstić information content (AvgIpc) is 2.59. The fourth-order valence-electron chi connectivity index (χ4n) is 2.37. The molecule has 3 rings (SSSR count). The molecule has 0 radical (unpaired) electrons. The molecule has 2 N–H and O–H groups in total. The van der Waals surface area contributed by atoms with Crippen LogP contribution in [0.25, 0.3) is 10.9 Å². The molecule has 0 bridgehead atoms. The third kappa shape index (κ3) is 4.05. The Morgan fingerprint density at radius 3 is 2.73 bits per heavy atom. The molecular weight excluding hydrogens is 349 g/mol. The zero-order valence-corrected chi connectivity index (χ0v) is 13.3. The largest absolute Gasteiger partial charge is 0.416 e. The van der Waals surface area contributed by atoms with Crippen LogP contribution >= 0.6 is 0 Å². The number of hydrogen-bond acceptors (Lipinski definition) is 4. The van der Waals surface area contributed by atoms with Crippen LogP contribution in [0.5, 0.6) is 0 Å². The quantitative estimate of drug-likeness (QED) is 0.747. The van der Waals surface area contributed by atoms with E-state index in [0.717, 1.165) is 18.3 Å². The number of hydrogen-bond donors (Lipinski definition) is 2. The number of rotatable bonds is 4. The number of pyridine rings is 1. The Bertz CT molecular complexity index is 1010. The number of aromatic nitrogens is 3. The lowest BCUT2D eigenvalue weighted by molar-refractivity contribution is -0.137. The molecule has 2 heterocycles. The molecule has 0 aliphatic heterocycles. The third-order valence-corrected chi connectivity index (χ3v) is 3.61. The number of benzene rings is 1. The number of alkyl halides is 3. The highest BCUT2D eigenvalue weighted by molar-refractivity contribution is 5.89. The maximum absolute atomic E-state index is 12.7. The van der Waals surface area contributed by atoms with Gasteiger partial charge in [-0.15, -0.1) is 0 Å². The van der Waals surface area contributed by atoms with E-state index >= 15 is 0 Å². The van der Waals surface area contributed by atoms with E-state index in [4.69, 9.17) is 0 Å². The van der Waals surface area contributed by atoms with Gasteiger partial charge in [0.2, 0.25) is 5.91 Å². The van der Waals surface area contributed by atoms with Crippen LogP contribution in [0.4, 0.5) is 19.0 Å². The summed E-state index contributed by atoms with van der Waals surface area (Å²) in [5, 5.41) is 2.75. The number of amides is 1. The van der Waals surface area contributed by atoms with E-state index in [-0.39, 0.29) is 24.2 Å². The molecule has 0 spiro atoms. The summed E-state index contributed by atoms with van der Waals surface area (Å²) in [6.45, 7) is 0. The van der Waals surface area contributed by atoms with Crippen molar-refractivity contribution in [3.63, 3.8) is 0 Å². The fraction of sp³-hybridized carbons (Fsp3) is 0.176. The first-order valence-electron chi connectivity index (χ1n) is 7.64. The van der Waals surface area contributed by atoms with Crippen LogP contribution < -0.4 is 10.9 Å². The smallest absolute Gasteiger partial charge is 0.311 e. The Hall–Kier alpha value is -3.23. The average molecular weight is 362 g/mol. The van der Waals surface area contributed by atoms with Gasteiger partial charge in [-0.25, -0.2) is 9.97 Å². The standard InChI is InChI=1S/C17H13F3N4O2/c18-17(19,20)10-7-8-21-14(9-10)23-15(25)6-5-13-22-12-4-2-1-3-11(12)16(26)24-13/h1-4,7-9H,5-6H2,(H,21,23,25)(H,22,24,26). The van der Waals surface area contributed by atoms with Gasteiger partial charge >= 0.3 is 6.18 Å². The Kier molecular flexibility index (Phi) is 4.70. The first-order valence-corrected chi connectivity index (χ1v) is 7.64. The van der Waals surface area contributed by atoms with Crippen molar-refractivity contribution in [2.75, 3.05) is 5.32 Å². The number of nitrogens with one attached hydrogen (secondary N) is 2. The molecule has 0 aliphatic rings. The highest BCUT2D eigenvalue weighted by Crippen LogP contribution is 2.29. The lowest BCUT2D eigenvalue weighted by Crippen LogP contribution is -2.17. The zero-order valence-electron chi connectivity index (χ0n) is 13.3. The number of carbonyl (C=O) groups excluding carboxylic acids is 1. The minimum Gasteiger partial charge on any atom is -0.311 e. The predicted octanol–water partition coefficient (Wildman–Crippen LogP) is 2.91. The number of para-hydroxylation sites is 1. The summed E-state index contributed by atoms with van der Waals surface area (Å²) in [4.78, 5) is 34.4. The van der Waals surface area contributed by atoms with Gasteiger partial charge in [0.25, 0.3) is 5.56 Å². The summed E-state index contributed by atoms with van der Waals surface area (Å²) in [6, 6.07) is 8.35. The van der Waals surface area contributed by atoms with E-state index in [2.05, 4.69) is 20.3 Å². The number of aromatic amines is 1. The number of fused-ring (bicyclic) bond motifs is 1. The van der Waals surface area contributed by atoms with Crippen molar-refractivity contribution in [1.82, 2.24) is 15.0 Å². The van der Waals surface area contributed by atoms with Gasteiger partial charge in [0.05, 0.1) is 16.5 Å². The lowest BCUT2D eigenvalue weighted by atomic mass is 10.2. The van der Waals surface area contributed by atoms with Crippen LogP contribution in [0, 0.1) is 0 Å². The molecule has 0 atom stereocenters. The summed E-state index contributed by atoms with van der Waals surface area (Å²) in [6.07, 6.45) is -3.48. The molecule has 1 aromatic carbocycles. The van der Waals surface area contributed by atoms with E-state index in [1.54, 1.807) is 24.3 Å². The minimum absolute atomic E-state index is 0.0702. The van der Waals surface area contributed by atoms with Crippen molar-refractivity contribution in [3.05, 3.63) is 64.3 Å². The number of anilines is 1.